The van der Waals surface area contributed by atoms with Gasteiger partial charge in [0.1, 0.15) is 12.1 Å². The van der Waals surface area contributed by atoms with Crippen molar-refractivity contribution in [3.05, 3.63) is 33.8 Å². The minimum absolute atomic E-state index is 0.00777. The van der Waals surface area contributed by atoms with Crippen LogP contribution in [-0.4, -0.2) is 58.7 Å². The van der Waals surface area contributed by atoms with Crippen molar-refractivity contribution >= 4 is 40.9 Å². The molecule has 132 valence electrons. The average molecular weight is 382 g/mol. The molecule has 3 aliphatic rings. The molecule has 3 amide bonds. The van der Waals surface area contributed by atoms with Crippen molar-refractivity contribution in [1.29, 1.82) is 0 Å². The molecule has 0 saturated carbocycles. The van der Waals surface area contributed by atoms with Crippen molar-refractivity contribution in [1.82, 2.24) is 15.1 Å². The number of nitrogens with one attached hydrogen (secondary N) is 1. The molecule has 0 spiro atoms. The van der Waals surface area contributed by atoms with Crippen molar-refractivity contribution in [3.8, 4) is 0 Å². The van der Waals surface area contributed by atoms with Crippen molar-refractivity contribution < 1.29 is 14.4 Å². The molecule has 4 rings (SSSR count). The van der Waals surface area contributed by atoms with E-state index in [1.165, 1.54) is 6.07 Å². The van der Waals surface area contributed by atoms with Crippen LogP contribution >= 0.6 is 23.2 Å². The Hall–Kier alpha value is -1.79. The number of amides is 3. The summed E-state index contributed by atoms with van der Waals surface area (Å²) in [4.78, 5) is 41.0. The maximum absolute atomic E-state index is 12.6. The molecule has 3 aliphatic heterocycles. The number of hydrogen-bond acceptors (Lipinski definition) is 3. The van der Waals surface area contributed by atoms with E-state index in [1.54, 1.807) is 21.9 Å². The molecule has 0 aliphatic carbocycles. The van der Waals surface area contributed by atoms with Crippen LogP contribution in [0.2, 0.25) is 10.0 Å². The molecule has 6 nitrogen and oxygen atoms in total. The normalized spacial score (nSPS) is 28.2. The summed E-state index contributed by atoms with van der Waals surface area (Å²) in [6.07, 6.45) is 2.05. The van der Waals surface area contributed by atoms with Gasteiger partial charge >= 0.3 is 0 Å². The average Bonchev–Trinajstić information content (AvgIpc) is 3.22. The summed E-state index contributed by atoms with van der Waals surface area (Å²) in [5, 5.41) is 3.59. The molecule has 3 saturated heterocycles. The summed E-state index contributed by atoms with van der Waals surface area (Å²) >= 11 is 11.8. The minimum atomic E-state index is -0.457. The summed E-state index contributed by atoms with van der Waals surface area (Å²) in [6.45, 7) is 1.02. The van der Waals surface area contributed by atoms with Gasteiger partial charge < -0.3 is 15.1 Å². The van der Waals surface area contributed by atoms with E-state index in [0.717, 1.165) is 12.8 Å². The van der Waals surface area contributed by atoms with Gasteiger partial charge in [-0.1, -0.05) is 23.2 Å². The molecule has 3 heterocycles. The first-order chi connectivity index (χ1) is 12.0. The minimum Gasteiger partial charge on any atom is -0.347 e. The first-order valence-corrected chi connectivity index (χ1v) is 9.08. The van der Waals surface area contributed by atoms with Gasteiger partial charge in [-0.15, -0.1) is 0 Å². The SMILES string of the molecule is O=C(N[C@H]1C[C@H]2C(=O)N3CCC[C@H]3C(=O)N2C1)c1ccc(Cl)c(Cl)c1. The molecule has 0 unspecified atom stereocenters. The van der Waals surface area contributed by atoms with Gasteiger partial charge in [0.2, 0.25) is 11.8 Å². The Bertz CT molecular complexity index is 740. The monoisotopic (exact) mass is 381 g/mol. The Morgan fingerprint density at radius 3 is 2.60 bits per heavy atom. The zero-order valence-electron chi connectivity index (χ0n) is 13.4. The van der Waals surface area contributed by atoms with Crippen molar-refractivity contribution in [2.45, 2.75) is 37.4 Å². The quantitative estimate of drug-likeness (QED) is 0.847. The van der Waals surface area contributed by atoms with Crippen LogP contribution in [0.1, 0.15) is 29.6 Å². The molecular weight excluding hydrogens is 365 g/mol. The van der Waals surface area contributed by atoms with Crippen LogP contribution in [0.15, 0.2) is 18.2 Å². The van der Waals surface area contributed by atoms with E-state index in [0.29, 0.717) is 35.1 Å². The first kappa shape index (κ1) is 16.7. The Balaban J connectivity index is 1.47. The van der Waals surface area contributed by atoms with E-state index in [-0.39, 0.29) is 29.8 Å². The third-order valence-corrected chi connectivity index (χ3v) is 5.95. The molecule has 1 aromatic rings. The summed E-state index contributed by atoms with van der Waals surface area (Å²) in [6, 6.07) is 3.65. The number of hydrogen-bond donors (Lipinski definition) is 1. The van der Waals surface area contributed by atoms with Gasteiger partial charge in [0.25, 0.3) is 5.91 Å². The topological polar surface area (TPSA) is 69.7 Å². The number of nitrogens with zero attached hydrogens (tertiary/aromatic N) is 2. The van der Waals surface area contributed by atoms with E-state index < -0.39 is 6.04 Å². The van der Waals surface area contributed by atoms with Gasteiger partial charge in [0.05, 0.1) is 10.0 Å². The van der Waals surface area contributed by atoms with Gasteiger partial charge in [-0.05, 0) is 37.5 Å². The predicted molar refractivity (Wildman–Crippen MR) is 92.6 cm³/mol. The Morgan fingerprint density at radius 2 is 1.84 bits per heavy atom. The van der Waals surface area contributed by atoms with Gasteiger partial charge in [-0.25, -0.2) is 0 Å². The van der Waals surface area contributed by atoms with Crippen molar-refractivity contribution in [3.63, 3.8) is 0 Å². The van der Waals surface area contributed by atoms with Crippen LogP contribution in [0.5, 0.6) is 0 Å². The third-order valence-electron chi connectivity index (χ3n) is 5.21. The van der Waals surface area contributed by atoms with Crippen LogP contribution in [0, 0.1) is 0 Å². The Morgan fingerprint density at radius 1 is 1.08 bits per heavy atom. The summed E-state index contributed by atoms with van der Waals surface area (Å²) < 4.78 is 0. The Kier molecular flexibility index (Phi) is 4.12. The molecule has 1 aromatic carbocycles. The second kappa shape index (κ2) is 6.18. The highest BCUT2D eigenvalue weighted by molar-refractivity contribution is 6.42. The van der Waals surface area contributed by atoms with E-state index in [1.807, 2.05) is 0 Å². The standard InChI is InChI=1S/C17H17Cl2N3O3/c18-11-4-3-9(6-12(11)19)15(23)20-10-7-14-17(25)21-5-1-2-13(21)16(24)22(14)8-10/h3-4,6,10,13-14H,1-2,5,7-8H2,(H,20,23)/t10-,13-,14-/m0/s1. The van der Waals surface area contributed by atoms with Crippen LogP contribution in [-0.2, 0) is 9.59 Å². The number of rotatable bonds is 2. The molecule has 3 fully saturated rings. The lowest BCUT2D eigenvalue weighted by atomic mass is 10.1. The third kappa shape index (κ3) is 2.77. The lowest BCUT2D eigenvalue weighted by molar-refractivity contribution is -0.156. The summed E-state index contributed by atoms with van der Waals surface area (Å²) in [7, 11) is 0. The predicted octanol–water partition coefficient (Wildman–Crippen LogP) is 1.70. The fourth-order valence-electron chi connectivity index (χ4n) is 3.99. The highest BCUT2D eigenvalue weighted by atomic mass is 35.5. The molecule has 8 heteroatoms. The zero-order valence-corrected chi connectivity index (χ0v) is 14.9. The van der Waals surface area contributed by atoms with Crippen LogP contribution in [0.25, 0.3) is 0 Å². The van der Waals surface area contributed by atoms with E-state index >= 15 is 0 Å². The summed E-state index contributed by atoms with van der Waals surface area (Å²) in [5.74, 6) is -0.273. The lowest BCUT2D eigenvalue weighted by Crippen LogP contribution is -2.60. The Labute approximate surface area is 155 Å². The largest absolute Gasteiger partial charge is 0.347 e. The second-order valence-electron chi connectivity index (χ2n) is 6.73. The van der Waals surface area contributed by atoms with Crippen molar-refractivity contribution in [2.24, 2.45) is 0 Å². The summed E-state index contributed by atoms with van der Waals surface area (Å²) in [5.41, 5.74) is 0.401. The number of piperazine rings is 1. The van der Waals surface area contributed by atoms with E-state index in [9.17, 15) is 14.4 Å². The lowest BCUT2D eigenvalue weighted by Gasteiger charge is -2.38. The van der Waals surface area contributed by atoms with E-state index in [4.69, 9.17) is 23.2 Å². The zero-order chi connectivity index (χ0) is 17.7. The van der Waals surface area contributed by atoms with Crippen LogP contribution < -0.4 is 5.32 Å². The molecule has 0 radical (unpaired) electrons. The van der Waals surface area contributed by atoms with Crippen LogP contribution in [0.3, 0.4) is 0 Å². The highest BCUT2D eigenvalue weighted by Gasteiger charge is 2.51. The number of carbonyl (C=O) groups is 3. The molecule has 1 N–H and O–H groups in total. The number of carbonyl (C=O) groups excluding carboxylic acids is 3. The number of benzene rings is 1. The van der Waals surface area contributed by atoms with Crippen LogP contribution in [0.4, 0.5) is 0 Å². The van der Waals surface area contributed by atoms with Gasteiger partial charge in [0, 0.05) is 24.7 Å². The van der Waals surface area contributed by atoms with Gasteiger partial charge in [0.15, 0.2) is 0 Å². The molecular formula is C17H17Cl2N3O3. The number of halogens is 2. The maximum Gasteiger partial charge on any atom is 0.251 e. The maximum atomic E-state index is 12.6. The van der Waals surface area contributed by atoms with Gasteiger partial charge in [-0.2, -0.15) is 0 Å². The van der Waals surface area contributed by atoms with E-state index in [2.05, 4.69) is 5.32 Å². The number of fused-ring (bicyclic) bond motifs is 2. The van der Waals surface area contributed by atoms with Crippen molar-refractivity contribution in [2.75, 3.05) is 13.1 Å². The molecule has 0 bridgehead atoms. The fraction of sp³-hybridized carbons (Fsp3) is 0.471. The second-order valence-corrected chi connectivity index (χ2v) is 7.55. The highest BCUT2D eigenvalue weighted by Crippen LogP contribution is 2.32. The van der Waals surface area contributed by atoms with Gasteiger partial charge in [-0.3, -0.25) is 14.4 Å². The first-order valence-electron chi connectivity index (χ1n) is 8.32. The fourth-order valence-corrected chi connectivity index (χ4v) is 4.29. The smallest absolute Gasteiger partial charge is 0.251 e. The molecule has 25 heavy (non-hydrogen) atoms. The molecule has 3 atom stereocenters. The molecule has 0 aromatic heterocycles.